The maximum absolute atomic E-state index is 12.0. The van der Waals surface area contributed by atoms with Crippen LogP contribution >= 0.6 is 11.3 Å². The number of likely N-dealkylation sites (tertiary alicyclic amines) is 1. The van der Waals surface area contributed by atoms with Crippen molar-refractivity contribution in [2.24, 2.45) is 5.92 Å². The van der Waals surface area contributed by atoms with Gasteiger partial charge in [-0.1, -0.05) is 6.92 Å². The van der Waals surface area contributed by atoms with Crippen molar-refractivity contribution < 1.29 is 14.6 Å². The highest BCUT2D eigenvalue weighted by molar-refractivity contribution is 7.12. The van der Waals surface area contributed by atoms with E-state index < -0.39 is 5.60 Å². The number of rotatable bonds is 6. The first-order chi connectivity index (χ1) is 14.2. The number of fused-ring (bicyclic) bond motifs is 2. The number of nitrogens with zero attached hydrogens (tertiary/aromatic N) is 1. The Morgan fingerprint density at radius 3 is 2.87 bits per heavy atom. The molecule has 2 fully saturated rings. The average molecular weight is 435 g/mol. The van der Waals surface area contributed by atoms with Gasteiger partial charge in [0.1, 0.15) is 0 Å². The Hall–Kier alpha value is -0.950. The molecule has 0 unspecified atom stereocenters. The summed E-state index contributed by atoms with van der Waals surface area (Å²) in [5.41, 5.74) is 0.481. The van der Waals surface area contributed by atoms with Crippen LogP contribution in [0.3, 0.4) is 0 Å². The van der Waals surface area contributed by atoms with Gasteiger partial charge < -0.3 is 20.1 Å². The summed E-state index contributed by atoms with van der Waals surface area (Å²) in [6, 6.07) is 3.21. The summed E-state index contributed by atoms with van der Waals surface area (Å²) in [5, 5.41) is 12.9. The quantitative estimate of drug-likeness (QED) is 0.718. The molecular weight excluding hydrogens is 396 g/mol. The third-order valence-corrected chi connectivity index (χ3v) is 8.48. The number of aryl methyl sites for hydroxylation is 1. The van der Waals surface area contributed by atoms with Crippen LogP contribution in [0.2, 0.25) is 0 Å². The molecule has 5 nitrogen and oxygen atoms in total. The molecule has 2 aliphatic heterocycles. The summed E-state index contributed by atoms with van der Waals surface area (Å²) in [6.45, 7) is 11.0. The first-order valence-electron chi connectivity index (χ1n) is 11.7. The van der Waals surface area contributed by atoms with Crippen molar-refractivity contribution in [3.8, 4) is 0 Å². The minimum atomic E-state index is -0.937. The van der Waals surface area contributed by atoms with Crippen LogP contribution in [-0.4, -0.2) is 53.3 Å². The van der Waals surface area contributed by atoms with E-state index in [1.165, 1.54) is 10.4 Å². The van der Waals surface area contributed by atoms with Gasteiger partial charge in [0.05, 0.1) is 24.2 Å². The molecule has 1 saturated heterocycles. The standard InChI is InChI=1S/C24H38N2O3S/c1-5-19-12-20-21(30-19)6-9-29-24(20)7-8-26(16(2)13-24)15-17-10-18(11-17)25-22(27)14-23(3,4)28/h12,16-18,28H,5-11,13-15H2,1-4H3,(H,25,27)/t16-,17-,18+,24+/m0/s1. The Balaban J connectivity index is 1.28. The molecule has 1 amide bonds. The van der Waals surface area contributed by atoms with Gasteiger partial charge in [-0.25, -0.2) is 0 Å². The number of nitrogens with one attached hydrogen (secondary N) is 1. The Bertz CT molecular complexity index is 765. The highest BCUT2D eigenvalue weighted by Gasteiger charge is 2.45. The van der Waals surface area contributed by atoms with E-state index in [0.29, 0.717) is 12.0 Å². The zero-order valence-corrected chi connectivity index (χ0v) is 19.8. The lowest BCUT2D eigenvalue weighted by Crippen LogP contribution is -2.54. The second-order valence-corrected chi connectivity index (χ2v) is 11.6. The highest BCUT2D eigenvalue weighted by Crippen LogP contribution is 2.46. The van der Waals surface area contributed by atoms with Crippen molar-refractivity contribution >= 4 is 17.2 Å². The van der Waals surface area contributed by atoms with E-state index in [-0.39, 0.29) is 24.0 Å². The van der Waals surface area contributed by atoms with Crippen LogP contribution in [0.5, 0.6) is 0 Å². The molecule has 4 rings (SSSR count). The van der Waals surface area contributed by atoms with Crippen molar-refractivity contribution in [2.45, 2.75) is 95.9 Å². The van der Waals surface area contributed by atoms with Gasteiger partial charge in [0.15, 0.2) is 0 Å². The minimum absolute atomic E-state index is 0.0355. The molecule has 1 spiro atoms. The largest absolute Gasteiger partial charge is 0.390 e. The first-order valence-corrected chi connectivity index (χ1v) is 12.5. The maximum atomic E-state index is 12.0. The van der Waals surface area contributed by atoms with Gasteiger partial charge in [0, 0.05) is 41.3 Å². The summed E-state index contributed by atoms with van der Waals surface area (Å²) in [4.78, 5) is 17.7. The van der Waals surface area contributed by atoms with Gasteiger partial charge in [0.2, 0.25) is 5.91 Å². The number of amides is 1. The number of hydrogen-bond donors (Lipinski definition) is 2. The molecule has 0 radical (unpaired) electrons. The van der Waals surface area contributed by atoms with Gasteiger partial charge in [0.25, 0.3) is 0 Å². The second-order valence-electron chi connectivity index (χ2n) is 10.4. The van der Waals surface area contributed by atoms with Crippen LogP contribution in [0.1, 0.15) is 75.1 Å². The van der Waals surface area contributed by atoms with E-state index in [0.717, 1.165) is 58.2 Å². The Morgan fingerprint density at radius 2 is 2.20 bits per heavy atom. The van der Waals surface area contributed by atoms with Crippen molar-refractivity contribution in [3.63, 3.8) is 0 Å². The van der Waals surface area contributed by atoms with Gasteiger partial charge in [-0.15, -0.1) is 11.3 Å². The SMILES string of the molecule is CCc1cc2c(s1)CCO[C@@]21CCN(C[C@H]2C[C@@H](NC(=O)CC(C)(C)O)C2)[C@@H](C)C1. The lowest BCUT2D eigenvalue weighted by Gasteiger charge is -2.49. The Kier molecular flexibility index (Phi) is 6.33. The number of ether oxygens (including phenoxy) is 1. The topological polar surface area (TPSA) is 61.8 Å². The van der Waals surface area contributed by atoms with E-state index in [9.17, 15) is 9.90 Å². The van der Waals surface area contributed by atoms with Crippen molar-refractivity contribution in [1.29, 1.82) is 0 Å². The van der Waals surface area contributed by atoms with E-state index in [1.807, 2.05) is 11.3 Å². The number of carbonyl (C=O) groups is 1. The maximum Gasteiger partial charge on any atom is 0.223 e. The highest BCUT2D eigenvalue weighted by atomic mass is 32.1. The van der Waals surface area contributed by atoms with Crippen LogP contribution in [0.15, 0.2) is 6.07 Å². The number of carbonyl (C=O) groups excluding carboxylic acids is 1. The second kappa shape index (κ2) is 8.53. The molecular formula is C24H38N2O3S. The number of piperidine rings is 1. The van der Waals surface area contributed by atoms with Gasteiger partial charge >= 0.3 is 0 Å². The van der Waals surface area contributed by atoms with Crippen LogP contribution in [-0.2, 0) is 28.0 Å². The molecule has 0 aromatic carbocycles. The number of thiophene rings is 1. The fourth-order valence-electron chi connectivity index (χ4n) is 5.55. The normalized spacial score (nSPS) is 32.0. The molecule has 1 aromatic rings. The summed E-state index contributed by atoms with van der Waals surface area (Å²) in [6.07, 6.45) is 6.63. The summed E-state index contributed by atoms with van der Waals surface area (Å²) < 4.78 is 6.47. The smallest absolute Gasteiger partial charge is 0.223 e. The predicted molar refractivity (Wildman–Crippen MR) is 121 cm³/mol. The molecule has 6 heteroatoms. The molecule has 168 valence electrons. The summed E-state index contributed by atoms with van der Waals surface area (Å²) >= 11 is 1.99. The van der Waals surface area contributed by atoms with Crippen LogP contribution in [0, 0.1) is 5.92 Å². The monoisotopic (exact) mass is 434 g/mol. The van der Waals surface area contributed by atoms with Crippen molar-refractivity contribution in [2.75, 3.05) is 19.7 Å². The third kappa shape index (κ3) is 4.77. The number of hydrogen-bond acceptors (Lipinski definition) is 5. The van der Waals surface area contributed by atoms with E-state index >= 15 is 0 Å². The lowest BCUT2D eigenvalue weighted by atomic mass is 9.76. The molecule has 2 N–H and O–H groups in total. The van der Waals surface area contributed by atoms with Gasteiger partial charge in [-0.05, 0) is 70.4 Å². The minimum Gasteiger partial charge on any atom is -0.390 e. The molecule has 1 saturated carbocycles. The summed E-state index contributed by atoms with van der Waals surface area (Å²) in [7, 11) is 0. The van der Waals surface area contributed by atoms with Crippen LogP contribution in [0.4, 0.5) is 0 Å². The van der Waals surface area contributed by atoms with Crippen LogP contribution in [0.25, 0.3) is 0 Å². The lowest BCUT2D eigenvalue weighted by molar-refractivity contribution is -0.127. The molecule has 0 bridgehead atoms. The van der Waals surface area contributed by atoms with Crippen molar-refractivity contribution in [1.82, 2.24) is 10.2 Å². The molecule has 1 aromatic heterocycles. The van der Waals surface area contributed by atoms with Gasteiger partial charge in [-0.2, -0.15) is 0 Å². The first kappa shape index (κ1) is 22.3. The molecule has 1 aliphatic carbocycles. The fourth-order valence-corrected chi connectivity index (χ4v) is 6.73. The Morgan fingerprint density at radius 1 is 1.43 bits per heavy atom. The van der Waals surface area contributed by atoms with Crippen LogP contribution < -0.4 is 5.32 Å². The number of aliphatic hydroxyl groups is 1. The molecule has 2 atom stereocenters. The van der Waals surface area contributed by atoms with E-state index in [1.54, 1.807) is 18.7 Å². The predicted octanol–water partition coefficient (Wildman–Crippen LogP) is 3.62. The van der Waals surface area contributed by atoms with E-state index in [4.69, 9.17) is 4.74 Å². The third-order valence-electron chi connectivity index (χ3n) is 7.14. The fraction of sp³-hybridized carbons (Fsp3) is 0.792. The van der Waals surface area contributed by atoms with Crippen molar-refractivity contribution in [3.05, 3.63) is 21.4 Å². The zero-order chi connectivity index (χ0) is 21.5. The van der Waals surface area contributed by atoms with Gasteiger partial charge in [-0.3, -0.25) is 4.79 Å². The average Bonchev–Trinajstić information content (AvgIpc) is 3.05. The molecule has 3 heterocycles. The Labute approximate surface area is 185 Å². The van der Waals surface area contributed by atoms with E-state index in [2.05, 4.69) is 30.1 Å². The summed E-state index contributed by atoms with van der Waals surface area (Å²) in [5.74, 6) is 0.622. The zero-order valence-electron chi connectivity index (χ0n) is 19.0. The molecule has 3 aliphatic rings. The molecule has 30 heavy (non-hydrogen) atoms.